The maximum atomic E-state index is 6.15. The number of nitrogens with one attached hydrogen (secondary N) is 1. The molecule has 0 radical (unpaired) electrons. The Hall–Kier alpha value is -1.31. The molecular weight excluding hydrogens is 266 g/mol. The van der Waals surface area contributed by atoms with Gasteiger partial charge in [0.15, 0.2) is 0 Å². The van der Waals surface area contributed by atoms with E-state index in [9.17, 15) is 0 Å². The second kappa shape index (κ2) is 6.43. The molecule has 0 atom stereocenters. The number of hydrogen-bond acceptors (Lipinski definition) is 1. The monoisotopic (exact) mass is 287 g/mol. The van der Waals surface area contributed by atoms with Crippen LogP contribution in [-0.4, -0.2) is 6.04 Å². The van der Waals surface area contributed by atoms with Crippen LogP contribution in [0.25, 0.3) is 11.1 Å². The maximum absolute atomic E-state index is 6.15. The van der Waals surface area contributed by atoms with E-state index >= 15 is 0 Å². The maximum Gasteiger partial charge on any atom is 0.0409 e. The van der Waals surface area contributed by atoms with Crippen LogP contribution >= 0.6 is 11.6 Å². The smallest absolute Gasteiger partial charge is 0.0409 e. The third-order valence-corrected chi connectivity index (χ3v) is 3.82. The molecule has 2 aromatic carbocycles. The highest BCUT2D eigenvalue weighted by atomic mass is 35.5. The molecule has 0 fully saturated rings. The number of rotatable bonds is 4. The van der Waals surface area contributed by atoms with Gasteiger partial charge in [-0.15, -0.1) is 0 Å². The first-order valence-electron chi connectivity index (χ1n) is 7.07. The summed E-state index contributed by atoms with van der Waals surface area (Å²) < 4.78 is 0. The van der Waals surface area contributed by atoms with Crippen LogP contribution in [0.15, 0.2) is 36.4 Å². The Labute approximate surface area is 127 Å². The van der Waals surface area contributed by atoms with Crippen molar-refractivity contribution in [2.24, 2.45) is 0 Å². The van der Waals surface area contributed by atoms with E-state index < -0.39 is 0 Å². The molecule has 106 valence electrons. The summed E-state index contributed by atoms with van der Waals surface area (Å²) in [4.78, 5) is 0. The lowest BCUT2D eigenvalue weighted by molar-refractivity contribution is 0.589. The minimum Gasteiger partial charge on any atom is -0.310 e. The van der Waals surface area contributed by atoms with E-state index in [1.807, 2.05) is 6.07 Å². The van der Waals surface area contributed by atoms with E-state index in [0.29, 0.717) is 6.04 Å². The molecule has 0 aliphatic carbocycles. The van der Waals surface area contributed by atoms with Crippen molar-refractivity contribution in [2.45, 2.75) is 40.3 Å². The van der Waals surface area contributed by atoms with E-state index in [0.717, 1.165) is 11.6 Å². The predicted molar refractivity (Wildman–Crippen MR) is 88.3 cm³/mol. The van der Waals surface area contributed by atoms with Crippen molar-refractivity contribution in [1.82, 2.24) is 5.32 Å². The molecule has 1 nitrogen and oxygen atoms in total. The van der Waals surface area contributed by atoms with Crippen LogP contribution in [0.5, 0.6) is 0 Å². The van der Waals surface area contributed by atoms with Crippen LogP contribution in [0.2, 0.25) is 5.02 Å². The van der Waals surface area contributed by atoms with Crippen molar-refractivity contribution in [3.63, 3.8) is 0 Å². The zero-order chi connectivity index (χ0) is 14.7. The average Bonchev–Trinajstić information content (AvgIpc) is 2.40. The normalized spacial score (nSPS) is 11.1. The molecule has 2 aromatic rings. The molecule has 0 aliphatic heterocycles. The number of hydrogen-bond donors (Lipinski definition) is 1. The van der Waals surface area contributed by atoms with Crippen LogP contribution in [0.4, 0.5) is 0 Å². The molecule has 1 N–H and O–H groups in total. The van der Waals surface area contributed by atoms with Gasteiger partial charge in [0.25, 0.3) is 0 Å². The Bertz CT molecular complexity index is 602. The van der Waals surface area contributed by atoms with Gasteiger partial charge in [0.1, 0.15) is 0 Å². The highest BCUT2D eigenvalue weighted by molar-refractivity contribution is 6.30. The molecule has 0 saturated heterocycles. The van der Waals surface area contributed by atoms with Crippen molar-refractivity contribution in [2.75, 3.05) is 0 Å². The average molecular weight is 288 g/mol. The van der Waals surface area contributed by atoms with Gasteiger partial charge < -0.3 is 5.32 Å². The first kappa shape index (κ1) is 15.1. The summed E-state index contributed by atoms with van der Waals surface area (Å²) >= 11 is 6.15. The van der Waals surface area contributed by atoms with E-state index in [2.05, 4.69) is 63.3 Å². The van der Waals surface area contributed by atoms with Crippen LogP contribution < -0.4 is 5.32 Å². The minimum absolute atomic E-state index is 0.460. The van der Waals surface area contributed by atoms with Gasteiger partial charge >= 0.3 is 0 Å². The Morgan fingerprint density at radius 2 is 1.75 bits per heavy atom. The van der Waals surface area contributed by atoms with E-state index in [1.54, 1.807) is 0 Å². The summed E-state index contributed by atoms with van der Waals surface area (Å²) in [5, 5.41) is 4.26. The van der Waals surface area contributed by atoms with Crippen LogP contribution in [0.3, 0.4) is 0 Å². The van der Waals surface area contributed by atoms with Gasteiger partial charge in [-0.1, -0.05) is 49.7 Å². The first-order valence-corrected chi connectivity index (χ1v) is 7.44. The van der Waals surface area contributed by atoms with Crippen molar-refractivity contribution in [3.05, 3.63) is 58.1 Å². The van der Waals surface area contributed by atoms with Crippen LogP contribution in [0, 0.1) is 13.8 Å². The van der Waals surface area contributed by atoms with Crippen LogP contribution in [-0.2, 0) is 6.54 Å². The van der Waals surface area contributed by atoms with Gasteiger partial charge in [0, 0.05) is 17.6 Å². The molecule has 2 rings (SSSR count). The quantitative estimate of drug-likeness (QED) is 0.823. The molecule has 0 aromatic heterocycles. The van der Waals surface area contributed by atoms with Crippen molar-refractivity contribution in [3.8, 4) is 11.1 Å². The van der Waals surface area contributed by atoms with Crippen LogP contribution in [0.1, 0.15) is 30.5 Å². The summed E-state index contributed by atoms with van der Waals surface area (Å²) in [6.45, 7) is 9.43. The molecule has 20 heavy (non-hydrogen) atoms. The molecule has 0 amide bonds. The third kappa shape index (κ3) is 3.62. The topological polar surface area (TPSA) is 12.0 Å². The number of benzene rings is 2. The lowest BCUT2D eigenvalue weighted by atomic mass is 9.96. The third-order valence-electron chi connectivity index (χ3n) is 3.59. The SMILES string of the molecule is Cc1ccc(-c2ccc(Cl)cc2CNC(C)C)cc1C. The van der Waals surface area contributed by atoms with Gasteiger partial charge in [0.2, 0.25) is 0 Å². The highest BCUT2D eigenvalue weighted by Gasteiger charge is 2.07. The second-order valence-electron chi connectivity index (χ2n) is 5.64. The van der Waals surface area contributed by atoms with E-state index in [1.165, 1.54) is 27.8 Å². The van der Waals surface area contributed by atoms with Crippen molar-refractivity contribution >= 4 is 11.6 Å². The summed E-state index contributed by atoms with van der Waals surface area (Å²) in [5.41, 5.74) is 6.40. The Kier molecular flexibility index (Phi) is 4.85. The summed E-state index contributed by atoms with van der Waals surface area (Å²) in [6, 6.07) is 13.2. The summed E-state index contributed by atoms with van der Waals surface area (Å²) in [5.74, 6) is 0. The number of aryl methyl sites for hydroxylation is 2. The fraction of sp³-hybridized carbons (Fsp3) is 0.333. The standard InChI is InChI=1S/C18H22ClN/c1-12(2)20-11-16-10-17(19)7-8-18(16)15-6-5-13(3)14(4)9-15/h5-10,12,20H,11H2,1-4H3. The van der Waals surface area contributed by atoms with Gasteiger partial charge in [-0.05, 0) is 53.8 Å². The van der Waals surface area contributed by atoms with Crippen molar-refractivity contribution < 1.29 is 0 Å². The molecule has 0 saturated carbocycles. The zero-order valence-corrected chi connectivity index (χ0v) is 13.4. The molecule has 0 aliphatic rings. The highest BCUT2D eigenvalue weighted by Crippen LogP contribution is 2.28. The molecule has 0 unspecified atom stereocenters. The van der Waals surface area contributed by atoms with E-state index in [-0.39, 0.29) is 0 Å². The molecule has 0 heterocycles. The summed E-state index contributed by atoms with van der Waals surface area (Å²) in [7, 11) is 0. The number of halogens is 1. The zero-order valence-electron chi connectivity index (χ0n) is 12.6. The van der Waals surface area contributed by atoms with Gasteiger partial charge in [-0.2, -0.15) is 0 Å². The van der Waals surface area contributed by atoms with E-state index in [4.69, 9.17) is 11.6 Å². The molecule has 2 heteroatoms. The largest absolute Gasteiger partial charge is 0.310 e. The molecule has 0 bridgehead atoms. The second-order valence-corrected chi connectivity index (χ2v) is 6.07. The van der Waals surface area contributed by atoms with Gasteiger partial charge in [-0.25, -0.2) is 0 Å². The lowest BCUT2D eigenvalue weighted by Gasteiger charge is -2.14. The van der Waals surface area contributed by atoms with Gasteiger partial charge in [0.05, 0.1) is 0 Å². The predicted octanol–water partition coefficient (Wildman–Crippen LogP) is 5.12. The molecule has 0 spiro atoms. The van der Waals surface area contributed by atoms with Gasteiger partial charge in [-0.3, -0.25) is 0 Å². The fourth-order valence-corrected chi connectivity index (χ4v) is 2.41. The molecular formula is C18H22ClN. The Balaban J connectivity index is 2.41. The first-order chi connectivity index (χ1) is 9.47. The Morgan fingerprint density at radius 1 is 1.00 bits per heavy atom. The summed E-state index contributed by atoms with van der Waals surface area (Å²) in [6.07, 6.45) is 0. The minimum atomic E-state index is 0.460. The lowest BCUT2D eigenvalue weighted by Crippen LogP contribution is -2.22. The van der Waals surface area contributed by atoms with Crippen molar-refractivity contribution in [1.29, 1.82) is 0 Å². The Morgan fingerprint density at radius 3 is 2.40 bits per heavy atom. The fourth-order valence-electron chi connectivity index (χ4n) is 2.21.